The number of hydrogen-bond acceptors (Lipinski definition) is 5. The SMILES string of the molecule is Cc1oc(-c2ccc(Cl)cc2)nc1CC(=O)Nc1ccc2[nH]c(=O)oc2c1. The predicted octanol–water partition coefficient (Wildman–Crippen LogP) is 3.92. The minimum absolute atomic E-state index is 0.0536. The highest BCUT2D eigenvalue weighted by molar-refractivity contribution is 6.30. The van der Waals surface area contributed by atoms with Crippen LogP contribution in [0, 0.1) is 6.92 Å². The summed E-state index contributed by atoms with van der Waals surface area (Å²) in [6, 6.07) is 12.0. The first-order valence-electron chi connectivity index (χ1n) is 8.13. The first-order valence-corrected chi connectivity index (χ1v) is 8.51. The van der Waals surface area contributed by atoms with Gasteiger partial charge < -0.3 is 14.2 Å². The molecule has 0 spiro atoms. The number of H-pyrrole nitrogens is 1. The summed E-state index contributed by atoms with van der Waals surface area (Å²) in [5.41, 5.74) is 2.79. The molecule has 2 heterocycles. The molecule has 0 atom stereocenters. The molecule has 2 aromatic carbocycles. The Bertz CT molecular complexity index is 1190. The lowest BCUT2D eigenvalue weighted by Gasteiger charge is -2.03. The molecule has 7 nitrogen and oxygen atoms in total. The molecule has 0 bridgehead atoms. The Balaban J connectivity index is 1.50. The molecular weight excluding hydrogens is 370 g/mol. The van der Waals surface area contributed by atoms with E-state index in [1.807, 2.05) is 0 Å². The third-order valence-corrected chi connectivity index (χ3v) is 4.27. The van der Waals surface area contributed by atoms with Crippen molar-refractivity contribution in [2.45, 2.75) is 13.3 Å². The van der Waals surface area contributed by atoms with Gasteiger partial charge in [0.2, 0.25) is 11.8 Å². The molecule has 2 aromatic heterocycles. The Morgan fingerprint density at radius 2 is 1.96 bits per heavy atom. The van der Waals surface area contributed by atoms with Crippen LogP contribution in [0.3, 0.4) is 0 Å². The average Bonchev–Trinajstić information content (AvgIpc) is 3.17. The van der Waals surface area contributed by atoms with Gasteiger partial charge in [-0.25, -0.2) is 9.78 Å². The standard InChI is InChI=1S/C19H14ClN3O4/c1-10-15(22-18(26-10)11-2-4-12(20)5-3-11)9-17(24)21-13-6-7-14-16(8-13)27-19(25)23-14/h2-8H,9H2,1H3,(H,21,24)(H,23,25). The molecule has 0 unspecified atom stereocenters. The zero-order valence-electron chi connectivity index (χ0n) is 14.2. The van der Waals surface area contributed by atoms with Gasteiger partial charge in [-0.15, -0.1) is 0 Å². The number of aryl methyl sites for hydroxylation is 1. The number of halogens is 1. The maximum atomic E-state index is 12.4. The molecule has 4 aromatic rings. The lowest BCUT2D eigenvalue weighted by Crippen LogP contribution is -2.15. The van der Waals surface area contributed by atoms with Crippen LogP contribution < -0.4 is 11.1 Å². The molecule has 0 saturated carbocycles. The predicted molar refractivity (Wildman–Crippen MR) is 101 cm³/mol. The number of nitrogens with one attached hydrogen (secondary N) is 2. The number of oxazole rings is 2. The topological polar surface area (TPSA) is 101 Å². The number of carbonyl (C=O) groups is 1. The number of benzene rings is 2. The number of amides is 1. The zero-order valence-corrected chi connectivity index (χ0v) is 15.0. The number of carbonyl (C=O) groups excluding carboxylic acids is 1. The van der Waals surface area contributed by atoms with Crippen molar-refractivity contribution in [3.05, 3.63) is 69.5 Å². The van der Waals surface area contributed by atoms with Gasteiger partial charge in [-0.05, 0) is 43.3 Å². The lowest BCUT2D eigenvalue weighted by atomic mass is 10.2. The zero-order chi connectivity index (χ0) is 19.0. The van der Waals surface area contributed by atoms with Gasteiger partial charge in [0.1, 0.15) is 5.76 Å². The molecule has 0 fully saturated rings. The van der Waals surface area contributed by atoms with Gasteiger partial charge in [0.25, 0.3) is 0 Å². The molecule has 0 saturated heterocycles. The van der Waals surface area contributed by atoms with Crippen LogP contribution in [0.4, 0.5) is 5.69 Å². The van der Waals surface area contributed by atoms with E-state index >= 15 is 0 Å². The van der Waals surface area contributed by atoms with Crippen LogP contribution in [0.25, 0.3) is 22.6 Å². The maximum Gasteiger partial charge on any atom is 0.417 e. The van der Waals surface area contributed by atoms with Gasteiger partial charge in [-0.1, -0.05) is 11.6 Å². The molecule has 1 amide bonds. The van der Waals surface area contributed by atoms with E-state index in [1.165, 1.54) is 0 Å². The van der Waals surface area contributed by atoms with E-state index in [1.54, 1.807) is 49.4 Å². The molecule has 27 heavy (non-hydrogen) atoms. The molecule has 0 radical (unpaired) electrons. The summed E-state index contributed by atoms with van der Waals surface area (Å²) in [6.07, 6.45) is 0.0536. The fourth-order valence-corrected chi connectivity index (χ4v) is 2.81. The van der Waals surface area contributed by atoms with E-state index in [9.17, 15) is 9.59 Å². The Morgan fingerprint density at radius 1 is 1.19 bits per heavy atom. The van der Waals surface area contributed by atoms with Gasteiger partial charge in [0.05, 0.1) is 17.6 Å². The van der Waals surface area contributed by atoms with Gasteiger partial charge >= 0.3 is 5.76 Å². The lowest BCUT2D eigenvalue weighted by molar-refractivity contribution is -0.115. The molecule has 4 rings (SSSR count). The van der Waals surface area contributed by atoms with Gasteiger partial charge in [-0.3, -0.25) is 9.78 Å². The van der Waals surface area contributed by atoms with Crippen molar-refractivity contribution in [1.29, 1.82) is 0 Å². The van der Waals surface area contributed by atoms with Crippen molar-refractivity contribution in [3.63, 3.8) is 0 Å². The minimum Gasteiger partial charge on any atom is -0.441 e. The van der Waals surface area contributed by atoms with Crippen LogP contribution >= 0.6 is 11.6 Å². The van der Waals surface area contributed by atoms with Crippen molar-refractivity contribution < 1.29 is 13.6 Å². The Kier molecular flexibility index (Phi) is 4.29. The average molecular weight is 384 g/mol. The fourth-order valence-electron chi connectivity index (χ4n) is 2.69. The van der Waals surface area contributed by atoms with Crippen molar-refractivity contribution in [2.75, 3.05) is 5.32 Å². The first-order chi connectivity index (χ1) is 13.0. The highest BCUT2D eigenvalue weighted by atomic mass is 35.5. The Morgan fingerprint density at radius 3 is 2.74 bits per heavy atom. The summed E-state index contributed by atoms with van der Waals surface area (Å²) in [7, 11) is 0. The summed E-state index contributed by atoms with van der Waals surface area (Å²) in [6.45, 7) is 1.76. The quantitative estimate of drug-likeness (QED) is 0.556. The van der Waals surface area contributed by atoms with E-state index in [0.717, 1.165) is 5.56 Å². The second-order valence-corrected chi connectivity index (χ2v) is 6.42. The summed E-state index contributed by atoms with van der Waals surface area (Å²) in [4.78, 5) is 30.5. The minimum atomic E-state index is -0.540. The monoisotopic (exact) mass is 383 g/mol. The van der Waals surface area contributed by atoms with Crippen LogP contribution in [-0.2, 0) is 11.2 Å². The largest absolute Gasteiger partial charge is 0.441 e. The number of hydrogen-bond donors (Lipinski definition) is 2. The molecule has 0 aliphatic carbocycles. The van der Waals surface area contributed by atoms with Crippen LogP contribution in [-0.4, -0.2) is 15.9 Å². The molecule has 136 valence electrons. The third-order valence-electron chi connectivity index (χ3n) is 4.02. The van der Waals surface area contributed by atoms with Crippen LogP contribution in [0.5, 0.6) is 0 Å². The number of anilines is 1. The Labute approximate surface area is 158 Å². The molecule has 0 aliphatic heterocycles. The van der Waals surface area contributed by atoms with E-state index in [2.05, 4.69) is 15.3 Å². The first kappa shape index (κ1) is 17.1. The second kappa shape index (κ2) is 6.77. The van der Waals surface area contributed by atoms with Crippen LogP contribution in [0.2, 0.25) is 5.02 Å². The number of fused-ring (bicyclic) bond motifs is 1. The van der Waals surface area contributed by atoms with Crippen LogP contribution in [0.15, 0.2) is 56.1 Å². The van der Waals surface area contributed by atoms with E-state index in [-0.39, 0.29) is 12.3 Å². The summed E-state index contributed by atoms with van der Waals surface area (Å²) in [5.74, 6) is 0.206. The second-order valence-electron chi connectivity index (χ2n) is 5.98. The number of aromatic amines is 1. The van der Waals surface area contributed by atoms with E-state index in [0.29, 0.717) is 39.2 Å². The van der Waals surface area contributed by atoms with Crippen molar-refractivity contribution >= 4 is 34.3 Å². The normalized spacial score (nSPS) is 11.0. The highest BCUT2D eigenvalue weighted by Gasteiger charge is 2.15. The summed E-state index contributed by atoms with van der Waals surface area (Å²) >= 11 is 5.89. The Hall–Kier alpha value is -3.32. The number of rotatable bonds is 4. The van der Waals surface area contributed by atoms with Crippen molar-refractivity contribution in [2.24, 2.45) is 0 Å². The van der Waals surface area contributed by atoms with Crippen molar-refractivity contribution in [3.8, 4) is 11.5 Å². The summed E-state index contributed by atoms with van der Waals surface area (Å²) in [5, 5.41) is 3.38. The van der Waals surface area contributed by atoms with Crippen molar-refractivity contribution in [1.82, 2.24) is 9.97 Å². The fraction of sp³-hybridized carbons (Fsp3) is 0.105. The molecule has 0 aliphatic rings. The van der Waals surface area contributed by atoms with Gasteiger partial charge in [0.15, 0.2) is 5.58 Å². The highest BCUT2D eigenvalue weighted by Crippen LogP contribution is 2.24. The molecular formula is C19H14ClN3O4. The maximum absolute atomic E-state index is 12.4. The number of nitrogens with zero attached hydrogens (tertiary/aromatic N) is 1. The molecule has 8 heteroatoms. The van der Waals surface area contributed by atoms with E-state index in [4.69, 9.17) is 20.4 Å². The van der Waals surface area contributed by atoms with Gasteiger partial charge in [-0.2, -0.15) is 0 Å². The molecule has 2 N–H and O–H groups in total. The smallest absolute Gasteiger partial charge is 0.417 e. The van der Waals surface area contributed by atoms with Crippen LogP contribution in [0.1, 0.15) is 11.5 Å². The van der Waals surface area contributed by atoms with Gasteiger partial charge in [0, 0.05) is 22.3 Å². The summed E-state index contributed by atoms with van der Waals surface area (Å²) < 4.78 is 10.7. The van der Waals surface area contributed by atoms with E-state index < -0.39 is 5.76 Å². The number of aromatic nitrogens is 2. The third kappa shape index (κ3) is 3.63.